The van der Waals surface area contributed by atoms with Crippen LogP contribution in [-0.4, -0.2) is 29.8 Å². The van der Waals surface area contributed by atoms with Gasteiger partial charge in [-0.25, -0.2) is 0 Å². The number of hydrogen-bond acceptors (Lipinski definition) is 3. The van der Waals surface area contributed by atoms with Gasteiger partial charge in [-0.05, 0) is 24.5 Å². The van der Waals surface area contributed by atoms with Crippen molar-refractivity contribution in [2.24, 2.45) is 0 Å². The van der Waals surface area contributed by atoms with Crippen LogP contribution in [0.2, 0.25) is 0 Å². The van der Waals surface area contributed by atoms with Crippen molar-refractivity contribution in [2.45, 2.75) is 37.8 Å². The molecule has 1 amide bonds. The lowest BCUT2D eigenvalue weighted by Gasteiger charge is -2.28. The molecule has 1 aliphatic rings. The number of carbonyl (C=O) groups is 1. The van der Waals surface area contributed by atoms with Crippen LogP contribution in [0.1, 0.15) is 25.7 Å². The van der Waals surface area contributed by atoms with Gasteiger partial charge in [-0.3, -0.25) is 4.79 Å². The van der Waals surface area contributed by atoms with Crippen LogP contribution in [-0.2, 0) is 4.79 Å². The molecule has 2 aromatic carbocycles. The minimum atomic E-state index is -0.445. The van der Waals surface area contributed by atoms with Gasteiger partial charge < -0.3 is 15.2 Å². The molecule has 24 heavy (non-hydrogen) atoms. The minimum absolute atomic E-state index is 0.0485. The predicted molar refractivity (Wildman–Crippen MR) is 93.8 cm³/mol. The van der Waals surface area contributed by atoms with Crippen LogP contribution in [0.25, 0.3) is 11.1 Å². The fourth-order valence-corrected chi connectivity index (χ4v) is 3.12. The lowest BCUT2D eigenvalue weighted by atomic mass is 9.92. The fraction of sp³-hybridized carbons (Fsp3) is 0.350. The highest BCUT2D eigenvalue weighted by atomic mass is 16.5. The Labute approximate surface area is 142 Å². The van der Waals surface area contributed by atoms with Crippen molar-refractivity contribution in [3.63, 3.8) is 0 Å². The first-order valence-electron chi connectivity index (χ1n) is 8.49. The monoisotopic (exact) mass is 325 g/mol. The zero-order valence-corrected chi connectivity index (χ0v) is 13.7. The van der Waals surface area contributed by atoms with E-state index >= 15 is 0 Å². The molecule has 1 aliphatic carbocycles. The zero-order valence-electron chi connectivity index (χ0n) is 13.7. The van der Waals surface area contributed by atoms with Crippen molar-refractivity contribution in [2.75, 3.05) is 6.61 Å². The van der Waals surface area contributed by atoms with Crippen molar-refractivity contribution in [3.05, 3.63) is 54.6 Å². The third-order valence-electron chi connectivity index (χ3n) is 4.41. The molecular formula is C20H23NO3. The summed E-state index contributed by atoms with van der Waals surface area (Å²) < 4.78 is 5.74. The first kappa shape index (κ1) is 16.5. The topological polar surface area (TPSA) is 58.6 Å². The molecular weight excluding hydrogens is 302 g/mol. The molecule has 2 N–H and O–H groups in total. The van der Waals surface area contributed by atoms with E-state index in [1.165, 1.54) is 0 Å². The van der Waals surface area contributed by atoms with Crippen LogP contribution >= 0.6 is 0 Å². The van der Waals surface area contributed by atoms with Crippen molar-refractivity contribution < 1.29 is 14.6 Å². The summed E-state index contributed by atoms with van der Waals surface area (Å²) >= 11 is 0. The molecule has 1 fully saturated rings. The van der Waals surface area contributed by atoms with E-state index in [1.807, 2.05) is 54.6 Å². The molecule has 2 aromatic rings. The van der Waals surface area contributed by atoms with Crippen LogP contribution in [0, 0.1) is 0 Å². The molecule has 0 bridgehead atoms. The number of benzene rings is 2. The molecule has 4 nitrogen and oxygen atoms in total. The maximum atomic E-state index is 12.1. The minimum Gasteiger partial charge on any atom is -0.483 e. The number of amides is 1. The largest absolute Gasteiger partial charge is 0.483 e. The van der Waals surface area contributed by atoms with E-state index in [9.17, 15) is 9.90 Å². The van der Waals surface area contributed by atoms with Crippen molar-refractivity contribution in [1.29, 1.82) is 0 Å². The maximum absolute atomic E-state index is 12.1. The summed E-state index contributed by atoms with van der Waals surface area (Å²) in [6.07, 6.45) is 3.20. The number of nitrogens with one attached hydrogen (secondary N) is 1. The third-order valence-corrected chi connectivity index (χ3v) is 4.41. The molecule has 0 aromatic heterocycles. The first-order chi connectivity index (χ1) is 11.7. The Morgan fingerprint density at radius 2 is 1.75 bits per heavy atom. The SMILES string of the molecule is O=C(COc1ccccc1-c1ccccc1)NC1CCCCC1O. The van der Waals surface area contributed by atoms with E-state index in [0.29, 0.717) is 5.75 Å². The summed E-state index contributed by atoms with van der Waals surface area (Å²) in [5, 5.41) is 12.8. The van der Waals surface area contributed by atoms with Gasteiger partial charge >= 0.3 is 0 Å². The highest BCUT2D eigenvalue weighted by molar-refractivity contribution is 5.78. The lowest BCUT2D eigenvalue weighted by Crippen LogP contribution is -2.46. The average Bonchev–Trinajstić information content (AvgIpc) is 2.63. The normalized spacial score (nSPS) is 20.4. The Morgan fingerprint density at radius 1 is 1.04 bits per heavy atom. The predicted octanol–water partition coefficient (Wildman–Crippen LogP) is 3.15. The van der Waals surface area contributed by atoms with E-state index in [-0.39, 0.29) is 18.6 Å². The van der Waals surface area contributed by atoms with Crippen LogP contribution in [0.3, 0.4) is 0 Å². The number of rotatable bonds is 5. The molecule has 2 atom stereocenters. The second-order valence-electron chi connectivity index (χ2n) is 6.18. The summed E-state index contributed by atoms with van der Waals surface area (Å²) in [6, 6.07) is 17.5. The number of para-hydroxylation sites is 1. The van der Waals surface area contributed by atoms with E-state index in [0.717, 1.165) is 36.8 Å². The Balaban J connectivity index is 1.61. The first-order valence-corrected chi connectivity index (χ1v) is 8.49. The van der Waals surface area contributed by atoms with E-state index < -0.39 is 6.10 Å². The highest BCUT2D eigenvalue weighted by Crippen LogP contribution is 2.29. The van der Waals surface area contributed by atoms with Gasteiger partial charge in [-0.1, -0.05) is 61.4 Å². The van der Waals surface area contributed by atoms with Gasteiger partial charge in [0.2, 0.25) is 0 Å². The third kappa shape index (κ3) is 4.15. The van der Waals surface area contributed by atoms with Crippen LogP contribution in [0.4, 0.5) is 0 Å². The molecule has 2 unspecified atom stereocenters. The van der Waals surface area contributed by atoms with Gasteiger partial charge in [0, 0.05) is 5.56 Å². The molecule has 0 radical (unpaired) electrons. The molecule has 126 valence electrons. The fourth-order valence-electron chi connectivity index (χ4n) is 3.12. The number of hydrogen-bond donors (Lipinski definition) is 2. The van der Waals surface area contributed by atoms with Gasteiger partial charge in [0.05, 0.1) is 12.1 Å². The number of ether oxygens (including phenoxy) is 1. The molecule has 0 spiro atoms. The van der Waals surface area contributed by atoms with Crippen LogP contribution in [0.15, 0.2) is 54.6 Å². The molecule has 3 rings (SSSR count). The number of aliphatic hydroxyl groups is 1. The van der Waals surface area contributed by atoms with Crippen molar-refractivity contribution in [3.8, 4) is 16.9 Å². The summed E-state index contributed by atoms with van der Waals surface area (Å²) in [4.78, 5) is 12.1. The quantitative estimate of drug-likeness (QED) is 0.888. The molecule has 0 saturated heterocycles. The van der Waals surface area contributed by atoms with Crippen molar-refractivity contribution in [1.82, 2.24) is 5.32 Å². The van der Waals surface area contributed by atoms with Crippen molar-refractivity contribution >= 4 is 5.91 Å². The lowest BCUT2D eigenvalue weighted by molar-refractivity contribution is -0.125. The number of aliphatic hydroxyl groups excluding tert-OH is 1. The maximum Gasteiger partial charge on any atom is 0.258 e. The molecule has 0 heterocycles. The van der Waals surface area contributed by atoms with E-state index in [1.54, 1.807) is 0 Å². The summed E-state index contributed by atoms with van der Waals surface area (Å²) in [5.41, 5.74) is 2.01. The molecule has 4 heteroatoms. The highest BCUT2D eigenvalue weighted by Gasteiger charge is 2.24. The second kappa shape index (κ2) is 7.97. The van der Waals surface area contributed by atoms with Crippen LogP contribution < -0.4 is 10.1 Å². The summed E-state index contributed by atoms with van der Waals surface area (Å²) in [6.45, 7) is -0.0485. The smallest absolute Gasteiger partial charge is 0.258 e. The van der Waals surface area contributed by atoms with Gasteiger partial charge in [0.25, 0.3) is 5.91 Å². The van der Waals surface area contributed by atoms with Gasteiger partial charge in [-0.15, -0.1) is 0 Å². The van der Waals surface area contributed by atoms with E-state index in [4.69, 9.17) is 4.74 Å². The Kier molecular flexibility index (Phi) is 5.49. The number of carbonyl (C=O) groups excluding carboxylic acids is 1. The Hall–Kier alpha value is -2.33. The van der Waals surface area contributed by atoms with Gasteiger partial charge in [0.15, 0.2) is 6.61 Å². The Bertz CT molecular complexity index is 672. The second-order valence-corrected chi connectivity index (χ2v) is 6.18. The average molecular weight is 325 g/mol. The van der Waals surface area contributed by atoms with Gasteiger partial charge in [-0.2, -0.15) is 0 Å². The van der Waals surface area contributed by atoms with Crippen LogP contribution in [0.5, 0.6) is 5.75 Å². The van der Waals surface area contributed by atoms with E-state index in [2.05, 4.69) is 5.32 Å². The summed E-state index contributed by atoms with van der Waals surface area (Å²) in [7, 11) is 0. The standard InChI is InChI=1S/C20H23NO3/c22-18-12-6-5-11-17(18)21-20(23)14-24-19-13-7-4-10-16(19)15-8-2-1-3-9-15/h1-4,7-10,13,17-18,22H,5-6,11-12,14H2,(H,21,23). The Morgan fingerprint density at radius 3 is 2.54 bits per heavy atom. The summed E-state index contributed by atoms with van der Waals surface area (Å²) in [5.74, 6) is 0.492. The van der Waals surface area contributed by atoms with Gasteiger partial charge in [0.1, 0.15) is 5.75 Å². The molecule has 0 aliphatic heterocycles. The molecule has 1 saturated carbocycles. The zero-order chi connectivity index (χ0) is 16.8.